The average Bonchev–Trinajstić information content (AvgIpc) is 2.48. The molecule has 21 heavy (non-hydrogen) atoms. The summed E-state index contributed by atoms with van der Waals surface area (Å²) >= 11 is 3.43. The SMILES string of the molecule is CCCOc1ccc(C(O)c2ccc(C)c(F)c2)cc1Br. The number of benzene rings is 2. The average molecular weight is 353 g/mol. The third kappa shape index (κ3) is 3.83. The van der Waals surface area contributed by atoms with Crippen molar-refractivity contribution in [3.05, 3.63) is 63.4 Å². The van der Waals surface area contributed by atoms with Crippen molar-refractivity contribution in [2.45, 2.75) is 26.4 Å². The fourth-order valence-corrected chi connectivity index (χ4v) is 2.50. The molecule has 2 aromatic carbocycles. The smallest absolute Gasteiger partial charge is 0.133 e. The Labute approximate surface area is 132 Å². The molecule has 112 valence electrons. The van der Waals surface area contributed by atoms with E-state index in [-0.39, 0.29) is 5.82 Å². The van der Waals surface area contributed by atoms with Crippen LogP contribution in [0.3, 0.4) is 0 Å². The maximum Gasteiger partial charge on any atom is 0.133 e. The standard InChI is InChI=1S/C17H18BrFO2/c1-3-8-21-16-7-6-12(9-14(16)18)17(20)13-5-4-11(2)15(19)10-13/h4-7,9-10,17,20H,3,8H2,1-2H3. The molecule has 0 fully saturated rings. The molecule has 0 bridgehead atoms. The largest absolute Gasteiger partial charge is 0.492 e. The van der Waals surface area contributed by atoms with Gasteiger partial charge in [-0.3, -0.25) is 0 Å². The molecule has 0 aromatic heterocycles. The van der Waals surface area contributed by atoms with E-state index in [9.17, 15) is 9.50 Å². The molecule has 0 aliphatic rings. The maximum absolute atomic E-state index is 13.6. The van der Waals surface area contributed by atoms with Gasteiger partial charge in [0.05, 0.1) is 11.1 Å². The number of hydrogen-bond donors (Lipinski definition) is 1. The highest BCUT2D eigenvalue weighted by Gasteiger charge is 2.14. The van der Waals surface area contributed by atoms with Gasteiger partial charge in [-0.25, -0.2) is 4.39 Å². The zero-order valence-electron chi connectivity index (χ0n) is 12.1. The Balaban J connectivity index is 2.24. The van der Waals surface area contributed by atoms with Crippen molar-refractivity contribution in [1.29, 1.82) is 0 Å². The van der Waals surface area contributed by atoms with Crippen LogP contribution in [-0.2, 0) is 0 Å². The molecule has 0 radical (unpaired) electrons. The first-order chi connectivity index (χ1) is 10.0. The number of aryl methyl sites for hydroxylation is 1. The van der Waals surface area contributed by atoms with Gasteiger partial charge in [0.15, 0.2) is 0 Å². The van der Waals surface area contributed by atoms with Gasteiger partial charge in [0.1, 0.15) is 17.7 Å². The normalized spacial score (nSPS) is 12.2. The minimum Gasteiger partial charge on any atom is -0.492 e. The summed E-state index contributed by atoms with van der Waals surface area (Å²) in [7, 11) is 0. The van der Waals surface area contributed by atoms with E-state index in [0.717, 1.165) is 16.6 Å². The van der Waals surface area contributed by atoms with Crippen LogP contribution < -0.4 is 4.74 Å². The van der Waals surface area contributed by atoms with Gasteiger partial charge in [0.2, 0.25) is 0 Å². The van der Waals surface area contributed by atoms with Gasteiger partial charge < -0.3 is 9.84 Å². The van der Waals surface area contributed by atoms with Crippen molar-refractivity contribution in [2.24, 2.45) is 0 Å². The molecular weight excluding hydrogens is 335 g/mol. The molecular formula is C17H18BrFO2. The molecule has 0 saturated heterocycles. The van der Waals surface area contributed by atoms with Crippen molar-refractivity contribution < 1.29 is 14.2 Å². The van der Waals surface area contributed by atoms with Gasteiger partial charge >= 0.3 is 0 Å². The molecule has 2 aromatic rings. The number of aliphatic hydroxyl groups excluding tert-OH is 1. The van der Waals surface area contributed by atoms with Crippen molar-refractivity contribution >= 4 is 15.9 Å². The summed E-state index contributed by atoms with van der Waals surface area (Å²) in [5.74, 6) is 0.427. The van der Waals surface area contributed by atoms with E-state index >= 15 is 0 Å². The zero-order valence-corrected chi connectivity index (χ0v) is 13.7. The molecule has 1 unspecified atom stereocenters. The van der Waals surface area contributed by atoms with E-state index in [2.05, 4.69) is 15.9 Å². The second-order valence-electron chi connectivity index (χ2n) is 4.95. The Morgan fingerprint density at radius 2 is 1.86 bits per heavy atom. The summed E-state index contributed by atoms with van der Waals surface area (Å²) in [6, 6.07) is 10.2. The van der Waals surface area contributed by atoms with Gasteiger partial charge in [-0.15, -0.1) is 0 Å². The second kappa shape index (κ2) is 7.05. The lowest BCUT2D eigenvalue weighted by atomic mass is 10.0. The molecule has 0 aliphatic heterocycles. The van der Waals surface area contributed by atoms with Crippen LogP contribution in [-0.4, -0.2) is 11.7 Å². The molecule has 0 heterocycles. The Kier molecular flexibility index (Phi) is 5.37. The van der Waals surface area contributed by atoms with Crippen LogP contribution in [0.5, 0.6) is 5.75 Å². The zero-order chi connectivity index (χ0) is 15.4. The molecule has 4 heteroatoms. The topological polar surface area (TPSA) is 29.5 Å². The van der Waals surface area contributed by atoms with Gasteiger partial charge in [-0.1, -0.05) is 25.1 Å². The highest BCUT2D eigenvalue weighted by atomic mass is 79.9. The van der Waals surface area contributed by atoms with E-state index in [1.807, 2.05) is 13.0 Å². The lowest BCUT2D eigenvalue weighted by Gasteiger charge is -2.14. The summed E-state index contributed by atoms with van der Waals surface area (Å²) in [5, 5.41) is 10.4. The second-order valence-corrected chi connectivity index (χ2v) is 5.80. The molecule has 2 nitrogen and oxygen atoms in total. The van der Waals surface area contributed by atoms with Crippen LogP contribution >= 0.6 is 15.9 Å². The number of aliphatic hydroxyl groups is 1. The van der Waals surface area contributed by atoms with Crippen LogP contribution in [0.25, 0.3) is 0 Å². The van der Waals surface area contributed by atoms with Crippen molar-refractivity contribution in [3.63, 3.8) is 0 Å². The van der Waals surface area contributed by atoms with E-state index in [4.69, 9.17) is 4.74 Å². The maximum atomic E-state index is 13.6. The Morgan fingerprint density at radius 1 is 1.19 bits per heavy atom. The van der Waals surface area contributed by atoms with Gasteiger partial charge in [0.25, 0.3) is 0 Å². The molecule has 0 aliphatic carbocycles. The Morgan fingerprint density at radius 3 is 2.48 bits per heavy atom. The lowest BCUT2D eigenvalue weighted by molar-refractivity contribution is 0.219. The summed E-state index contributed by atoms with van der Waals surface area (Å²) in [6.07, 6.45) is 0.0658. The van der Waals surface area contributed by atoms with Crippen LogP contribution in [0.4, 0.5) is 4.39 Å². The van der Waals surface area contributed by atoms with E-state index in [0.29, 0.717) is 23.3 Å². The van der Waals surface area contributed by atoms with Gasteiger partial charge in [-0.05, 0) is 64.2 Å². The Hall–Kier alpha value is -1.39. The third-order valence-electron chi connectivity index (χ3n) is 3.24. The van der Waals surface area contributed by atoms with Crippen molar-refractivity contribution in [1.82, 2.24) is 0 Å². The summed E-state index contributed by atoms with van der Waals surface area (Å²) in [6.45, 7) is 4.38. The minimum absolute atomic E-state index is 0.312. The van der Waals surface area contributed by atoms with E-state index in [1.165, 1.54) is 6.07 Å². The number of ether oxygens (including phenoxy) is 1. The summed E-state index contributed by atoms with van der Waals surface area (Å²) < 4.78 is 19.9. The predicted molar refractivity (Wildman–Crippen MR) is 85.1 cm³/mol. The predicted octanol–water partition coefficient (Wildman–Crippen LogP) is 4.77. The van der Waals surface area contributed by atoms with Crippen LogP contribution in [0.1, 0.15) is 36.1 Å². The summed E-state index contributed by atoms with van der Waals surface area (Å²) in [4.78, 5) is 0. The van der Waals surface area contributed by atoms with E-state index in [1.54, 1.807) is 31.2 Å². The highest BCUT2D eigenvalue weighted by Crippen LogP contribution is 2.31. The van der Waals surface area contributed by atoms with Crippen molar-refractivity contribution in [2.75, 3.05) is 6.61 Å². The fourth-order valence-electron chi connectivity index (χ4n) is 1.99. The summed E-state index contributed by atoms with van der Waals surface area (Å²) in [5.41, 5.74) is 1.79. The Bertz CT molecular complexity index is 628. The molecule has 0 saturated carbocycles. The van der Waals surface area contributed by atoms with Crippen LogP contribution in [0, 0.1) is 12.7 Å². The van der Waals surface area contributed by atoms with Crippen LogP contribution in [0.15, 0.2) is 40.9 Å². The highest BCUT2D eigenvalue weighted by molar-refractivity contribution is 9.10. The fraction of sp³-hybridized carbons (Fsp3) is 0.294. The number of rotatable bonds is 5. The monoisotopic (exact) mass is 352 g/mol. The number of hydrogen-bond acceptors (Lipinski definition) is 2. The molecule has 1 atom stereocenters. The molecule has 0 spiro atoms. The molecule has 1 N–H and O–H groups in total. The lowest BCUT2D eigenvalue weighted by Crippen LogP contribution is -2.02. The third-order valence-corrected chi connectivity index (χ3v) is 3.86. The van der Waals surface area contributed by atoms with Gasteiger partial charge in [-0.2, -0.15) is 0 Å². The molecule has 2 rings (SSSR count). The first kappa shape index (κ1) is 16.0. The quantitative estimate of drug-likeness (QED) is 0.839. The first-order valence-corrected chi connectivity index (χ1v) is 7.68. The first-order valence-electron chi connectivity index (χ1n) is 6.89. The van der Waals surface area contributed by atoms with Crippen LogP contribution in [0.2, 0.25) is 0 Å². The van der Waals surface area contributed by atoms with Crippen molar-refractivity contribution in [3.8, 4) is 5.75 Å². The van der Waals surface area contributed by atoms with Gasteiger partial charge in [0, 0.05) is 0 Å². The molecule has 0 amide bonds. The number of halogens is 2. The van der Waals surface area contributed by atoms with E-state index < -0.39 is 6.10 Å². The minimum atomic E-state index is -0.864.